The van der Waals surface area contributed by atoms with Crippen molar-refractivity contribution in [3.8, 4) is 11.5 Å². The lowest BCUT2D eigenvalue weighted by Crippen LogP contribution is -2.04. The summed E-state index contributed by atoms with van der Waals surface area (Å²) < 4.78 is 10.4. The molecule has 4 N–H and O–H groups in total. The first-order chi connectivity index (χ1) is 10.1. The summed E-state index contributed by atoms with van der Waals surface area (Å²) in [5, 5.41) is 0.376. The normalized spacial score (nSPS) is 12.4. The molecule has 2 heterocycles. The predicted octanol–water partition coefficient (Wildman–Crippen LogP) is 1.34. The average molecular weight is 304 g/mol. The highest BCUT2D eigenvalue weighted by Crippen LogP contribution is 2.33. The molecule has 0 aliphatic carbocycles. The highest BCUT2D eigenvalue weighted by Gasteiger charge is 2.16. The number of nitrogens with two attached hydrogens (primary N) is 2. The van der Waals surface area contributed by atoms with Crippen LogP contribution in [-0.2, 0) is 0 Å². The van der Waals surface area contributed by atoms with Crippen molar-refractivity contribution in [2.24, 2.45) is 0 Å². The number of nitrogen functional groups attached to an aromatic ring is 2. The smallest absolute Gasteiger partial charge is 0.231 e. The molecule has 3 rings (SSSR count). The van der Waals surface area contributed by atoms with Crippen molar-refractivity contribution in [1.29, 1.82) is 0 Å². The van der Waals surface area contributed by atoms with Gasteiger partial charge >= 0.3 is 0 Å². The second kappa shape index (κ2) is 5.49. The SMILES string of the molecule is Nc1cc(N)nc(SCC(=O)c2ccc3c(c2)OCO3)n1. The maximum atomic E-state index is 12.2. The van der Waals surface area contributed by atoms with E-state index < -0.39 is 0 Å². The lowest BCUT2D eigenvalue weighted by atomic mass is 10.1. The van der Waals surface area contributed by atoms with Gasteiger partial charge in [0.15, 0.2) is 22.4 Å². The molecule has 7 nitrogen and oxygen atoms in total. The quantitative estimate of drug-likeness (QED) is 0.494. The Morgan fingerprint density at radius 1 is 1.14 bits per heavy atom. The fraction of sp³-hybridized carbons (Fsp3) is 0.154. The summed E-state index contributed by atoms with van der Waals surface area (Å²) >= 11 is 1.18. The van der Waals surface area contributed by atoms with Crippen LogP contribution in [0.25, 0.3) is 0 Å². The minimum absolute atomic E-state index is 0.0668. The van der Waals surface area contributed by atoms with Crippen LogP contribution in [0, 0.1) is 0 Å². The minimum Gasteiger partial charge on any atom is -0.454 e. The second-order valence-corrected chi connectivity index (χ2v) is 5.22. The van der Waals surface area contributed by atoms with Crippen LogP contribution in [0.2, 0.25) is 0 Å². The van der Waals surface area contributed by atoms with Gasteiger partial charge in [-0.25, -0.2) is 9.97 Å². The van der Waals surface area contributed by atoms with Crippen molar-refractivity contribution in [1.82, 2.24) is 9.97 Å². The Morgan fingerprint density at radius 3 is 2.62 bits per heavy atom. The molecule has 0 spiro atoms. The van der Waals surface area contributed by atoms with Crippen molar-refractivity contribution in [3.05, 3.63) is 29.8 Å². The Bertz CT molecular complexity index is 688. The van der Waals surface area contributed by atoms with Gasteiger partial charge in [0, 0.05) is 11.6 Å². The van der Waals surface area contributed by atoms with E-state index in [0.717, 1.165) is 0 Å². The zero-order chi connectivity index (χ0) is 14.8. The highest BCUT2D eigenvalue weighted by molar-refractivity contribution is 7.99. The molecule has 0 fully saturated rings. The summed E-state index contributed by atoms with van der Waals surface area (Å²) in [4.78, 5) is 20.2. The Balaban J connectivity index is 1.69. The average Bonchev–Trinajstić information content (AvgIpc) is 2.91. The Labute approximate surface area is 124 Å². The number of hydrogen-bond acceptors (Lipinski definition) is 8. The predicted molar refractivity (Wildman–Crippen MR) is 78.5 cm³/mol. The van der Waals surface area contributed by atoms with Crippen LogP contribution in [0.15, 0.2) is 29.4 Å². The summed E-state index contributed by atoms with van der Waals surface area (Å²) in [5.41, 5.74) is 11.7. The standard InChI is InChI=1S/C13H12N4O3S/c14-11-4-12(15)17-13(16-11)21-5-8(18)7-1-2-9-10(3-7)20-6-19-9/h1-4H,5-6H2,(H4,14,15,16,17). The third-order valence-corrected chi connectivity index (χ3v) is 3.62. The van der Waals surface area contributed by atoms with E-state index in [2.05, 4.69) is 9.97 Å². The molecule has 1 aromatic heterocycles. The molecule has 108 valence electrons. The number of ether oxygens (including phenoxy) is 2. The molecule has 1 aliphatic rings. The molecule has 0 unspecified atom stereocenters. The van der Waals surface area contributed by atoms with E-state index in [1.807, 2.05) is 0 Å². The van der Waals surface area contributed by atoms with Crippen LogP contribution in [-0.4, -0.2) is 28.3 Å². The molecular formula is C13H12N4O3S. The number of hydrogen-bond donors (Lipinski definition) is 2. The molecule has 21 heavy (non-hydrogen) atoms. The van der Waals surface area contributed by atoms with Crippen molar-refractivity contribution in [2.75, 3.05) is 24.0 Å². The van der Waals surface area contributed by atoms with Gasteiger partial charge < -0.3 is 20.9 Å². The van der Waals surface area contributed by atoms with E-state index in [0.29, 0.717) is 22.2 Å². The van der Waals surface area contributed by atoms with Gasteiger partial charge in [0.1, 0.15) is 11.6 Å². The van der Waals surface area contributed by atoms with Crippen molar-refractivity contribution in [2.45, 2.75) is 5.16 Å². The largest absolute Gasteiger partial charge is 0.454 e. The molecule has 1 aromatic carbocycles. The number of benzene rings is 1. The van der Waals surface area contributed by atoms with E-state index >= 15 is 0 Å². The number of ketones is 1. The van der Waals surface area contributed by atoms with Gasteiger partial charge in [0.05, 0.1) is 5.75 Å². The number of carbonyl (C=O) groups excluding carboxylic acids is 1. The van der Waals surface area contributed by atoms with Crippen LogP contribution < -0.4 is 20.9 Å². The third kappa shape index (κ3) is 3.00. The van der Waals surface area contributed by atoms with Crippen LogP contribution in [0.1, 0.15) is 10.4 Å². The van der Waals surface area contributed by atoms with Crippen molar-refractivity contribution >= 4 is 29.2 Å². The molecule has 8 heteroatoms. The molecule has 2 aromatic rings. The highest BCUT2D eigenvalue weighted by atomic mass is 32.2. The third-order valence-electron chi connectivity index (χ3n) is 2.77. The summed E-state index contributed by atoms with van der Waals surface area (Å²) in [6.07, 6.45) is 0. The number of anilines is 2. The molecule has 0 saturated heterocycles. The Kier molecular flexibility index (Phi) is 3.53. The first-order valence-corrected chi connectivity index (χ1v) is 7.06. The zero-order valence-electron chi connectivity index (χ0n) is 10.9. The van der Waals surface area contributed by atoms with Crippen LogP contribution in [0.5, 0.6) is 11.5 Å². The van der Waals surface area contributed by atoms with Gasteiger partial charge in [-0.2, -0.15) is 0 Å². The maximum Gasteiger partial charge on any atom is 0.231 e. The number of aromatic nitrogens is 2. The number of rotatable bonds is 4. The maximum absolute atomic E-state index is 12.2. The topological polar surface area (TPSA) is 113 Å². The minimum atomic E-state index is -0.0668. The van der Waals surface area contributed by atoms with Crippen molar-refractivity contribution < 1.29 is 14.3 Å². The lowest BCUT2D eigenvalue weighted by molar-refractivity contribution is 0.102. The van der Waals surface area contributed by atoms with Gasteiger partial charge in [-0.05, 0) is 18.2 Å². The van der Waals surface area contributed by atoms with E-state index in [1.165, 1.54) is 17.8 Å². The Hall–Kier alpha value is -2.48. The molecular weight excluding hydrogens is 292 g/mol. The summed E-state index contributed by atoms with van der Waals surface area (Å²) in [7, 11) is 0. The van der Waals surface area contributed by atoms with Gasteiger partial charge in [0.25, 0.3) is 0 Å². The van der Waals surface area contributed by atoms with E-state index in [4.69, 9.17) is 20.9 Å². The number of nitrogens with zero attached hydrogens (tertiary/aromatic N) is 2. The Morgan fingerprint density at radius 2 is 1.86 bits per heavy atom. The van der Waals surface area contributed by atoms with Gasteiger partial charge in [-0.1, -0.05) is 11.8 Å². The van der Waals surface area contributed by atoms with Crippen LogP contribution >= 0.6 is 11.8 Å². The van der Waals surface area contributed by atoms with Gasteiger partial charge in [0.2, 0.25) is 6.79 Å². The summed E-state index contributed by atoms with van der Waals surface area (Å²) in [6.45, 7) is 0.179. The molecule has 0 bridgehead atoms. The van der Waals surface area contributed by atoms with E-state index in [-0.39, 0.29) is 30.0 Å². The van der Waals surface area contributed by atoms with Crippen LogP contribution in [0.3, 0.4) is 0 Å². The van der Waals surface area contributed by atoms with Crippen molar-refractivity contribution in [3.63, 3.8) is 0 Å². The number of thioether (sulfide) groups is 1. The zero-order valence-corrected chi connectivity index (χ0v) is 11.7. The monoisotopic (exact) mass is 304 g/mol. The first-order valence-electron chi connectivity index (χ1n) is 6.07. The van der Waals surface area contributed by atoms with E-state index in [9.17, 15) is 4.79 Å². The number of carbonyl (C=O) groups is 1. The molecule has 1 aliphatic heterocycles. The number of fused-ring (bicyclic) bond motifs is 1. The van der Waals surface area contributed by atoms with E-state index in [1.54, 1.807) is 18.2 Å². The van der Waals surface area contributed by atoms with Crippen LogP contribution in [0.4, 0.5) is 11.6 Å². The van der Waals surface area contributed by atoms with Gasteiger partial charge in [-0.3, -0.25) is 4.79 Å². The lowest BCUT2D eigenvalue weighted by Gasteiger charge is -2.03. The molecule has 0 atom stereocenters. The fourth-order valence-corrected chi connectivity index (χ4v) is 2.58. The first kappa shape index (κ1) is 13.5. The molecule has 0 saturated carbocycles. The second-order valence-electron chi connectivity index (χ2n) is 4.28. The molecule has 0 amide bonds. The summed E-state index contributed by atoms with van der Waals surface area (Å²) in [5.74, 6) is 1.90. The summed E-state index contributed by atoms with van der Waals surface area (Å²) in [6, 6.07) is 6.55. The number of Topliss-reactive ketones (excluding diaryl/α,β-unsaturated/α-hetero) is 1. The fourth-order valence-electron chi connectivity index (χ4n) is 1.81. The van der Waals surface area contributed by atoms with Gasteiger partial charge in [-0.15, -0.1) is 0 Å². The molecule has 0 radical (unpaired) electrons.